The lowest BCUT2D eigenvalue weighted by atomic mass is 9.99. The summed E-state index contributed by atoms with van der Waals surface area (Å²) in [5, 5.41) is 77.3. The molecule has 11 atom stereocenters. The minimum absolute atomic E-state index is 0.0391. The second-order valence-electron chi connectivity index (χ2n) is 7.70. The molecule has 2 aliphatic heterocycles. The smallest absolute Gasteiger partial charge is 0.188 e. The number of aliphatic hydroxyl groups excluding tert-OH is 8. The zero-order chi connectivity index (χ0) is 25.3. The van der Waals surface area contributed by atoms with Crippen LogP contribution in [0.15, 0.2) is 12.2 Å². The second-order valence-corrected chi connectivity index (χ2v) is 7.70. The number of rotatable bonds is 8. The molecule has 192 valence electrons. The second kappa shape index (κ2) is 14.1. The molecule has 0 aromatic heterocycles. The summed E-state index contributed by atoms with van der Waals surface area (Å²) in [6.07, 6.45) is -11.0. The lowest BCUT2D eigenvalue weighted by Crippen LogP contribution is -2.59. The average molecular weight is 488 g/mol. The van der Waals surface area contributed by atoms with Crippen LogP contribution < -0.4 is 0 Å². The summed E-state index contributed by atoms with van der Waals surface area (Å²) in [4.78, 5) is 0. The van der Waals surface area contributed by atoms with E-state index in [2.05, 4.69) is 23.7 Å². The summed E-state index contributed by atoms with van der Waals surface area (Å²) in [5.74, 6) is 10.5. The summed E-state index contributed by atoms with van der Waals surface area (Å²) in [6.45, 7) is 0.616. The van der Waals surface area contributed by atoms with Crippen LogP contribution in [0.3, 0.4) is 0 Å². The fraction of sp³-hybridized carbons (Fsp3) is 0.727. The first-order valence-electron chi connectivity index (χ1n) is 10.8. The quantitative estimate of drug-likeness (QED) is 0.154. The van der Waals surface area contributed by atoms with Crippen LogP contribution in [-0.4, -0.2) is 128 Å². The highest BCUT2D eigenvalue weighted by Crippen LogP contribution is 2.23. The Morgan fingerprint density at radius 2 is 1.35 bits per heavy atom. The van der Waals surface area contributed by atoms with Gasteiger partial charge in [0.1, 0.15) is 54.9 Å². The van der Waals surface area contributed by atoms with Crippen molar-refractivity contribution >= 4 is 0 Å². The van der Waals surface area contributed by atoms with Gasteiger partial charge in [-0.15, -0.1) is 0 Å². The number of aliphatic hydroxyl groups is 8. The lowest BCUT2D eigenvalue weighted by molar-refractivity contribution is -0.306. The van der Waals surface area contributed by atoms with E-state index in [1.54, 1.807) is 6.92 Å². The first-order chi connectivity index (χ1) is 16.2. The number of hydrogen-bond acceptors (Lipinski definition) is 12. The Bertz CT molecular complexity index is 763. The number of hydrogen-bond donors (Lipinski definition) is 8. The molecule has 0 radical (unpaired) electrons. The van der Waals surface area contributed by atoms with Crippen LogP contribution >= 0.6 is 0 Å². The molecule has 0 bridgehead atoms. The fourth-order valence-electron chi connectivity index (χ4n) is 3.23. The Morgan fingerprint density at radius 1 is 0.794 bits per heavy atom. The monoisotopic (exact) mass is 488 g/mol. The van der Waals surface area contributed by atoms with Gasteiger partial charge in [0.25, 0.3) is 0 Å². The van der Waals surface area contributed by atoms with Crippen LogP contribution in [0.2, 0.25) is 0 Å². The van der Waals surface area contributed by atoms with Crippen molar-refractivity contribution in [2.45, 2.75) is 80.9 Å². The van der Waals surface area contributed by atoms with Crippen molar-refractivity contribution in [3.63, 3.8) is 0 Å². The van der Waals surface area contributed by atoms with Crippen molar-refractivity contribution < 1.29 is 59.8 Å². The summed E-state index contributed by atoms with van der Waals surface area (Å²) in [5.41, 5.74) is 0. The van der Waals surface area contributed by atoms with Crippen LogP contribution in [-0.2, 0) is 18.9 Å². The Balaban J connectivity index is 1.82. The molecule has 0 unspecified atom stereocenters. The molecule has 0 spiro atoms. The highest BCUT2D eigenvalue weighted by atomic mass is 16.7. The van der Waals surface area contributed by atoms with Crippen LogP contribution in [0.4, 0.5) is 0 Å². The average Bonchev–Trinajstić information content (AvgIpc) is 2.84. The highest BCUT2D eigenvalue weighted by molar-refractivity contribution is 5.31. The molecular formula is C22H32O12. The maximum absolute atomic E-state index is 10.0. The van der Waals surface area contributed by atoms with Gasteiger partial charge >= 0.3 is 0 Å². The molecule has 0 aromatic carbocycles. The molecule has 2 heterocycles. The van der Waals surface area contributed by atoms with Crippen molar-refractivity contribution in [2.24, 2.45) is 0 Å². The molecule has 34 heavy (non-hydrogen) atoms. The first kappa shape index (κ1) is 28.6. The molecule has 8 N–H and O–H groups in total. The number of allylic oxidation sites excluding steroid dienone is 1. The van der Waals surface area contributed by atoms with Crippen LogP contribution in [0, 0.1) is 23.7 Å². The van der Waals surface area contributed by atoms with E-state index in [1.807, 2.05) is 0 Å². The summed E-state index contributed by atoms with van der Waals surface area (Å²) in [7, 11) is 0. The van der Waals surface area contributed by atoms with Crippen molar-refractivity contribution in [1.82, 2.24) is 0 Å². The zero-order valence-electron chi connectivity index (χ0n) is 18.5. The third kappa shape index (κ3) is 7.44. The van der Waals surface area contributed by atoms with Crippen molar-refractivity contribution in [3.05, 3.63) is 12.2 Å². The molecule has 0 amide bonds. The van der Waals surface area contributed by atoms with E-state index in [1.165, 1.54) is 12.2 Å². The highest BCUT2D eigenvalue weighted by Gasteiger charge is 2.45. The van der Waals surface area contributed by atoms with Crippen LogP contribution in [0.25, 0.3) is 0 Å². The van der Waals surface area contributed by atoms with Gasteiger partial charge < -0.3 is 59.8 Å². The van der Waals surface area contributed by atoms with Crippen LogP contribution in [0.1, 0.15) is 13.3 Å². The van der Waals surface area contributed by atoms with Gasteiger partial charge in [0.15, 0.2) is 12.6 Å². The minimum atomic E-state index is -1.54. The molecule has 12 heteroatoms. The van der Waals surface area contributed by atoms with Gasteiger partial charge in [-0.3, -0.25) is 0 Å². The van der Waals surface area contributed by atoms with E-state index in [4.69, 9.17) is 24.1 Å². The third-order valence-electron chi connectivity index (χ3n) is 5.29. The molecule has 0 saturated carbocycles. The minimum Gasteiger partial charge on any atom is -0.394 e. The SMILES string of the molecule is CC[C@H](C#CC#C/C=C/CO[C@H]1O[C@@H](CO)[C@H](O)[C@@H](O)[C@@H]1O)O[C@@H]1O[C@H](CO)[C@@H](O)[C@H](O)[C@H]1O. The topological polar surface area (TPSA) is 199 Å². The Hall–Kier alpha value is -1.62. The standard InChI is InChI=1S/C22H32O12/c1-2-12(32-22-20(30)18(28)16(26)14(11-24)34-22)8-6-4-3-5-7-9-31-21-19(29)17(27)15(25)13(10-23)33-21/h5,7,12-30H,2,9-11H2,1H3/b7-5+/t12-,13+,14-,15+,16-,17-,18+,19+,20-,21+,22-/m1/s1. The van der Waals surface area contributed by atoms with Crippen molar-refractivity contribution in [2.75, 3.05) is 19.8 Å². The molecule has 2 saturated heterocycles. The van der Waals surface area contributed by atoms with Gasteiger partial charge in [-0.25, -0.2) is 0 Å². The van der Waals surface area contributed by atoms with E-state index in [0.717, 1.165) is 0 Å². The summed E-state index contributed by atoms with van der Waals surface area (Å²) >= 11 is 0. The van der Waals surface area contributed by atoms with E-state index >= 15 is 0 Å². The molecular weight excluding hydrogens is 456 g/mol. The Labute approximate surface area is 197 Å². The van der Waals surface area contributed by atoms with Gasteiger partial charge in [-0.1, -0.05) is 24.8 Å². The summed E-state index contributed by atoms with van der Waals surface area (Å²) < 4.78 is 21.3. The van der Waals surface area contributed by atoms with Gasteiger partial charge in [-0.05, 0) is 24.3 Å². The fourth-order valence-corrected chi connectivity index (χ4v) is 3.23. The predicted octanol–water partition coefficient (Wildman–Crippen LogP) is -4.04. The molecule has 0 aromatic rings. The van der Waals surface area contributed by atoms with Gasteiger partial charge in [0.05, 0.1) is 19.8 Å². The van der Waals surface area contributed by atoms with E-state index in [0.29, 0.717) is 6.42 Å². The van der Waals surface area contributed by atoms with Crippen molar-refractivity contribution in [1.29, 1.82) is 0 Å². The molecule has 2 fully saturated rings. The maximum Gasteiger partial charge on any atom is 0.188 e. The normalized spacial score (nSPS) is 39.1. The van der Waals surface area contributed by atoms with Crippen molar-refractivity contribution in [3.8, 4) is 23.7 Å². The van der Waals surface area contributed by atoms with E-state index < -0.39 is 80.7 Å². The zero-order valence-corrected chi connectivity index (χ0v) is 18.5. The lowest BCUT2D eigenvalue weighted by Gasteiger charge is -2.40. The summed E-state index contributed by atoms with van der Waals surface area (Å²) in [6, 6.07) is 0. The van der Waals surface area contributed by atoms with Gasteiger partial charge in [-0.2, -0.15) is 0 Å². The Morgan fingerprint density at radius 3 is 1.91 bits per heavy atom. The molecule has 0 aliphatic carbocycles. The van der Waals surface area contributed by atoms with Gasteiger partial charge in [0, 0.05) is 0 Å². The predicted molar refractivity (Wildman–Crippen MR) is 113 cm³/mol. The Kier molecular flexibility index (Phi) is 11.8. The third-order valence-corrected chi connectivity index (χ3v) is 5.29. The van der Waals surface area contributed by atoms with Crippen LogP contribution in [0.5, 0.6) is 0 Å². The maximum atomic E-state index is 10.0. The molecule has 2 rings (SSSR count). The van der Waals surface area contributed by atoms with Gasteiger partial charge in [0.2, 0.25) is 0 Å². The largest absolute Gasteiger partial charge is 0.394 e. The number of ether oxygens (including phenoxy) is 4. The van der Waals surface area contributed by atoms with E-state index in [9.17, 15) is 35.7 Å². The molecule has 2 aliphatic rings. The molecule has 12 nitrogen and oxygen atoms in total. The first-order valence-corrected chi connectivity index (χ1v) is 10.8. The van der Waals surface area contributed by atoms with E-state index in [-0.39, 0.29) is 6.61 Å².